The Balaban J connectivity index is 0.000000364. The number of aliphatic hydroxyl groups is 1. The molecule has 1 saturated carbocycles. The molecule has 188 valence electrons. The molecule has 0 radical (unpaired) electrons. The minimum absolute atomic E-state index is 0.0175. The van der Waals surface area contributed by atoms with Crippen LogP contribution >= 0.6 is 0 Å². The molecule has 3 atom stereocenters. The number of nitrogens with one attached hydrogen (secondary N) is 1. The van der Waals surface area contributed by atoms with Crippen LogP contribution < -0.4 is 5.32 Å². The molecular weight excluding hydrogens is 468 g/mol. The van der Waals surface area contributed by atoms with Gasteiger partial charge in [-0.2, -0.15) is 13.2 Å². The number of aliphatic hydroxyl groups excluding tert-OH is 1. The summed E-state index contributed by atoms with van der Waals surface area (Å²) in [5.41, 5.74) is 3.54. The fourth-order valence-electron chi connectivity index (χ4n) is 5.22. The number of benzene rings is 2. The lowest BCUT2D eigenvalue weighted by Crippen LogP contribution is -2.43. The van der Waals surface area contributed by atoms with E-state index in [2.05, 4.69) is 28.4 Å². The first-order chi connectivity index (χ1) is 16.5. The predicted octanol–water partition coefficient (Wildman–Crippen LogP) is 3.62. The minimum Gasteiger partial charge on any atom is -0.475 e. The number of carbonyl (C=O) groups is 2. The lowest BCUT2D eigenvalue weighted by molar-refractivity contribution is -0.192. The second-order valence-corrected chi connectivity index (χ2v) is 9.33. The second kappa shape index (κ2) is 9.94. The van der Waals surface area contributed by atoms with Crippen LogP contribution in [0.15, 0.2) is 48.5 Å². The smallest absolute Gasteiger partial charge is 0.475 e. The standard InChI is InChI=1S/C23H25FN2O2.C2HF3O2/c24-16-5-3-4-14(8-16)11-26-12-20-18-6-1-2-7-19(18)22(21(20)13-26)25-23(28)15-9-17(27)10-15;3-2(4,5)1(6)7/h1-8,15,17,20-22,27H,9-13H2,(H,25,28);(H,6,7)/t15?,17?,20-,21-,22+;/m0./s1. The molecule has 2 aromatic rings. The number of aliphatic carboxylic acids is 1. The van der Waals surface area contributed by atoms with Crippen molar-refractivity contribution in [1.29, 1.82) is 0 Å². The quantitative estimate of drug-likeness (QED) is 0.565. The molecule has 0 aromatic heterocycles. The highest BCUT2D eigenvalue weighted by Gasteiger charge is 2.47. The molecule has 2 fully saturated rings. The zero-order valence-corrected chi connectivity index (χ0v) is 18.7. The zero-order chi connectivity index (χ0) is 25.3. The van der Waals surface area contributed by atoms with Gasteiger partial charge in [-0.1, -0.05) is 36.4 Å². The van der Waals surface area contributed by atoms with Crippen molar-refractivity contribution in [3.63, 3.8) is 0 Å². The van der Waals surface area contributed by atoms with E-state index in [1.54, 1.807) is 12.1 Å². The van der Waals surface area contributed by atoms with E-state index >= 15 is 0 Å². The van der Waals surface area contributed by atoms with Crippen molar-refractivity contribution >= 4 is 11.9 Å². The molecule has 5 rings (SSSR count). The number of carbonyl (C=O) groups excluding carboxylic acids is 1. The van der Waals surface area contributed by atoms with E-state index in [0.717, 1.165) is 25.2 Å². The fraction of sp³-hybridized carbons (Fsp3) is 0.440. The van der Waals surface area contributed by atoms with Gasteiger partial charge in [0.05, 0.1) is 12.1 Å². The molecule has 6 nitrogen and oxygen atoms in total. The number of alkyl halides is 3. The summed E-state index contributed by atoms with van der Waals surface area (Å²) in [6.07, 6.45) is -4.27. The second-order valence-electron chi connectivity index (χ2n) is 9.33. The van der Waals surface area contributed by atoms with Gasteiger partial charge in [-0.05, 0) is 41.7 Å². The van der Waals surface area contributed by atoms with Gasteiger partial charge in [-0.25, -0.2) is 9.18 Å². The molecule has 1 aliphatic heterocycles. The van der Waals surface area contributed by atoms with Crippen LogP contribution in [0.5, 0.6) is 0 Å². The molecule has 1 amide bonds. The molecule has 3 aliphatic rings. The Morgan fingerprint density at radius 2 is 1.69 bits per heavy atom. The average molecular weight is 494 g/mol. The van der Waals surface area contributed by atoms with Gasteiger partial charge in [0, 0.05) is 37.4 Å². The number of halogens is 4. The van der Waals surface area contributed by atoms with Crippen LogP contribution in [0.2, 0.25) is 0 Å². The molecule has 1 saturated heterocycles. The number of likely N-dealkylation sites (tertiary alicyclic amines) is 1. The van der Waals surface area contributed by atoms with Gasteiger partial charge in [-0.3, -0.25) is 9.69 Å². The number of carboxylic acid groups (broad SMARTS) is 1. The van der Waals surface area contributed by atoms with Gasteiger partial charge in [-0.15, -0.1) is 0 Å². The van der Waals surface area contributed by atoms with Crippen LogP contribution in [-0.4, -0.2) is 52.4 Å². The van der Waals surface area contributed by atoms with Crippen LogP contribution in [0.25, 0.3) is 0 Å². The summed E-state index contributed by atoms with van der Waals surface area (Å²) < 4.78 is 45.3. The molecule has 0 spiro atoms. The monoisotopic (exact) mass is 494 g/mol. The van der Waals surface area contributed by atoms with Crippen LogP contribution in [0.4, 0.5) is 17.6 Å². The van der Waals surface area contributed by atoms with Gasteiger partial charge in [0.25, 0.3) is 0 Å². The normalized spacial score (nSPS) is 27.2. The van der Waals surface area contributed by atoms with Gasteiger partial charge >= 0.3 is 12.1 Å². The Labute approximate surface area is 199 Å². The molecule has 1 heterocycles. The number of hydrogen-bond acceptors (Lipinski definition) is 4. The average Bonchev–Trinajstić information content (AvgIpc) is 3.29. The van der Waals surface area contributed by atoms with Gasteiger partial charge in [0.1, 0.15) is 5.82 Å². The van der Waals surface area contributed by atoms with Crippen molar-refractivity contribution < 1.29 is 37.4 Å². The van der Waals surface area contributed by atoms with E-state index in [9.17, 15) is 27.5 Å². The highest BCUT2D eigenvalue weighted by atomic mass is 19.4. The van der Waals surface area contributed by atoms with Crippen molar-refractivity contribution in [1.82, 2.24) is 10.2 Å². The maximum Gasteiger partial charge on any atom is 0.490 e. The van der Waals surface area contributed by atoms with Crippen molar-refractivity contribution in [3.05, 3.63) is 71.0 Å². The molecule has 0 bridgehead atoms. The molecular formula is C25H26F4N2O4. The fourth-order valence-corrected chi connectivity index (χ4v) is 5.22. The topological polar surface area (TPSA) is 89.9 Å². The van der Waals surface area contributed by atoms with Crippen molar-refractivity contribution in [2.75, 3.05) is 13.1 Å². The Hall–Kier alpha value is -2.98. The SMILES string of the molecule is O=C(N[C@@H]1c2ccccc2[C@@H]2CN(Cc3cccc(F)c3)C[C@H]12)C1CC(O)C1.O=C(O)C(F)(F)F. The number of nitrogens with zero attached hydrogens (tertiary/aromatic N) is 1. The molecule has 3 N–H and O–H groups in total. The van der Waals surface area contributed by atoms with Crippen LogP contribution in [-0.2, 0) is 16.1 Å². The summed E-state index contributed by atoms with van der Waals surface area (Å²) >= 11 is 0. The third kappa shape index (κ3) is 5.65. The van der Waals surface area contributed by atoms with E-state index in [1.165, 1.54) is 17.2 Å². The highest BCUT2D eigenvalue weighted by molar-refractivity contribution is 5.80. The van der Waals surface area contributed by atoms with Crippen molar-refractivity contribution in [2.45, 2.75) is 43.6 Å². The third-order valence-corrected chi connectivity index (χ3v) is 6.92. The zero-order valence-electron chi connectivity index (χ0n) is 18.7. The maximum atomic E-state index is 13.5. The van der Waals surface area contributed by atoms with Crippen molar-refractivity contribution in [3.8, 4) is 0 Å². The van der Waals surface area contributed by atoms with E-state index in [4.69, 9.17) is 9.90 Å². The lowest BCUT2D eigenvalue weighted by Gasteiger charge is -2.32. The first-order valence-corrected chi connectivity index (χ1v) is 11.4. The first kappa shape index (κ1) is 25.1. The summed E-state index contributed by atoms with van der Waals surface area (Å²) in [6.45, 7) is 2.53. The largest absolute Gasteiger partial charge is 0.490 e. The molecule has 0 unspecified atom stereocenters. The number of carboxylic acids is 1. The number of rotatable bonds is 4. The van der Waals surface area contributed by atoms with E-state index in [-0.39, 0.29) is 29.8 Å². The Morgan fingerprint density at radius 1 is 1.03 bits per heavy atom. The number of fused-ring (bicyclic) bond motifs is 3. The van der Waals surface area contributed by atoms with Crippen molar-refractivity contribution in [2.24, 2.45) is 11.8 Å². The molecule has 2 aliphatic carbocycles. The van der Waals surface area contributed by atoms with Gasteiger partial charge < -0.3 is 15.5 Å². The molecule has 10 heteroatoms. The number of hydrogen-bond donors (Lipinski definition) is 3. The van der Waals surface area contributed by atoms with E-state index in [0.29, 0.717) is 24.7 Å². The van der Waals surface area contributed by atoms with Crippen LogP contribution in [0.1, 0.15) is 41.5 Å². The summed E-state index contributed by atoms with van der Waals surface area (Å²) in [6, 6.07) is 15.2. The van der Waals surface area contributed by atoms with Crippen LogP contribution in [0, 0.1) is 17.7 Å². The third-order valence-electron chi connectivity index (χ3n) is 6.92. The van der Waals surface area contributed by atoms with E-state index in [1.807, 2.05) is 12.1 Å². The van der Waals surface area contributed by atoms with Crippen LogP contribution in [0.3, 0.4) is 0 Å². The highest BCUT2D eigenvalue weighted by Crippen LogP contribution is 2.49. The summed E-state index contributed by atoms with van der Waals surface area (Å²) in [5, 5.41) is 19.9. The van der Waals surface area contributed by atoms with Gasteiger partial charge in [0.15, 0.2) is 0 Å². The summed E-state index contributed by atoms with van der Waals surface area (Å²) in [5.74, 6) is -2.23. The molecule has 35 heavy (non-hydrogen) atoms. The van der Waals surface area contributed by atoms with Gasteiger partial charge in [0.2, 0.25) is 5.91 Å². The number of amides is 1. The lowest BCUT2D eigenvalue weighted by atomic mass is 9.81. The minimum atomic E-state index is -5.08. The summed E-state index contributed by atoms with van der Waals surface area (Å²) in [7, 11) is 0. The Morgan fingerprint density at radius 3 is 2.29 bits per heavy atom. The first-order valence-electron chi connectivity index (χ1n) is 11.4. The predicted molar refractivity (Wildman–Crippen MR) is 118 cm³/mol. The maximum absolute atomic E-state index is 13.5. The van der Waals surface area contributed by atoms with E-state index < -0.39 is 12.1 Å². The Bertz CT molecular complexity index is 1090. The summed E-state index contributed by atoms with van der Waals surface area (Å²) in [4.78, 5) is 23.9. The Kier molecular flexibility index (Phi) is 7.14. The molecule has 2 aromatic carbocycles.